The Morgan fingerprint density at radius 3 is 2.47 bits per heavy atom. The Bertz CT molecular complexity index is 1460. The maximum Gasteiger partial charge on any atom is 0.249 e. The van der Waals surface area contributed by atoms with Crippen LogP contribution in [0.5, 0.6) is 5.88 Å². The molecule has 190 valence electrons. The van der Waals surface area contributed by atoms with Crippen LogP contribution >= 0.6 is 11.6 Å². The fourth-order valence-electron chi connectivity index (χ4n) is 3.41. The van der Waals surface area contributed by atoms with Gasteiger partial charge in [0.2, 0.25) is 27.7 Å². The van der Waals surface area contributed by atoms with Gasteiger partial charge in [0, 0.05) is 24.4 Å². The quantitative estimate of drug-likeness (QED) is 0.336. The van der Waals surface area contributed by atoms with Crippen LogP contribution in [0.2, 0.25) is 5.02 Å². The van der Waals surface area contributed by atoms with Gasteiger partial charge in [-0.05, 0) is 26.8 Å². The molecule has 1 N–H and O–H groups in total. The fraction of sp³-hybridized carbons (Fsp3) is 0.381. The van der Waals surface area contributed by atoms with E-state index in [1.165, 1.54) is 24.1 Å². The van der Waals surface area contributed by atoms with Crippen molar-refractivity contribution in [3.63, 3.8) is 0 Å². The molecule has 0 spiro atoms. The Hall–Kier alpha value is -3.65. The van der Waals surface area contributed by atoms with Crippen LogP contribution in [0, 0.1) is 6.92 Å². The molecule has 0 fully saturated rings. The van der Waals surface area contributed by atoms with E-state index in [4.69, 9.17) is 20.9 Å². The number of ether oxygens (including phenoxy) is 1. The van der Waals surface area contributed by atoms with Gasteiger partial charge >= 0.3 is 0 Å². The average Bonchev–Trinajstić information content (AvgIpc) is 3.49. The van der Waals surface area contributed by atoms with E-state index < -0.39 is 27.2 Å². The van der Waals surface area contributed by atoms with Crippen molar-refractivity contribution in [1.29, 1.82) is 0 Å². The third-order valence-electron chi connectivity index (χ3n) is 5.62. The van der Waals surface area contributed by atoms with Crippen LogP contribution in [0.15, 0.2) is 35.1 Å². The molecule has 0 saturated heterocycles. The van der Waals surface area contributed by atoms with Crippen molar-refractivity contribution in [2.45, 2.75) is 44.9 Å². The summed E-state index contributed by atoms with van der Waals surface area (Å²) in [7, 11) is -2.49. The number of sulfonamides is 1. The highest BCUT2D eigenvalue weighted by Crippen LogP contribution is 2.30. The number of pyridine rings is 1. The molecule has 0 saturated carbocycles. The first-order valence-corrected chi connectivity index (χ1v) is 12.8. The molecule has 4 aromatic heterocycles. The first-order valence-electron chi connectivity index (χ1n) is 10.9. The molecule has 3 atom stereocenters. The lowest BCUT2D eigenvalue weighted by atomic mass is 10.1. The van der Waals surface area contributed by atoms with Crippen molar-refractivity contribution in [2.75, 3.05) is 11.8 Å². The van der Waals surface area contributed by atoms with Crippen LogP contribution in [0.1, 0.15) is 50.3 Å². The largest absolute Gasteiger partial charge is 0.481 e. The number of hydrogen-bond acceptors (Lipinski definition) is 11. The van der Waals surface area contributed by atoms with Crippen LogP contribution in [-0.4, -0.2) is 60.6 Å². The van der Waals surface area contributed by atoms with Gasteiger partial charge in [-0.1, -0.05) is 29.7 Å². The number of aromatic nitrogens is 8. The smallest absolute Gasteiger partial charge is 0.249 e. The van der Waals surface area contributed by atoms with E-state index in [1.807, 2.05) is 0 Å². The second kappa shape index (κ2) is 10.1. The summed E-state index contributed by atoms with van der Waals surface area (Å²) in [5, 5.41) is 11.6. The number of aryl methyl sites for hydroxylation is 1. The predicted octanol–water partition coefficient (Wildman–Crippen LogP) is 3.03. The van der Waals surface area contributed by atoms with Gasteiger partial charge in [-0.3, -0.25) is 9.29 Å². The summed E-state index contributed by atoms with van der Waals surface area (Å²) >= 11 is 5.86. The van der Waals surface area contributed by atoms with Crippen LogP contribution in [-0.2, 0) is 10.0 Å². The van der Waals surface area contributed by atoms with Crippen molar-refractivity contribution in [1.82, 2.24) is 39.9 Å². The van der Waals surface area contributed by atoms with E-state index in [0.717, 1.165) is 0 Å². The van der Waals surface area contributed by atoms with Gasteiger partial charge in [0.1, 0.15) is 17.6 Å². The van der Waals surface area contributed by atoms with E-state index in [2.05, 4.69) is 40.0 Å². The third-order valence-corrected chi connectivity index (χ3v) is 7.67. The molecule has 0 unspecified atom stereocenters. The molecule has 4 aromatic rings. The number of nitrogens with zero attached hydrogens (tertiary/aromatic N) is 8. The number of anilines is 1. The maximum atomic E-state index is 13.4. The number of halogens is 1. The van der Waals surface area contributed by atoms with Gasteiger partial charge in [-0.25, -0.2) is 23.4 Å². The molecule has 15 heteroatoms. The zero-order chi connectivity index (χ0) is 26.0. The van der Waals surface area contributed by atoms with Crippen LogP contribution in [0.4, 0.5) is 5.95 Å². The molecule has 4 heterocycles. The molecule has 36 heavy (non-hydrogen) atoms. The molecule has 0 bridgehead atoms. The Morgan fingerprint density at radius 2 is 1.83 bits per heavy atom. The first kappa shape index (κ1) is 25.4. The van der Waals surface area contributed by atoms with Crippen molar-refractivity contribution >= 4 is 27.6 Å². The van der Waals surface area contributed by atoms with Crippen molar-refractivity contribution in [3.05, 3.63) is 53.2 Å². The topological polar surface area (TPSA) is 164 Å². The van der Waals surface area contributed by atoms with Gasteiger partial charge in [0.25, 0.3) is 0 Å². The van der Waals surface area contributed by atoms with E-state index in [0.29, 0.717) is 28.2 Å². The summed E-state index contributed by atoms with van der Waals surface area (Å²) in [6.45, 7) is 6.71. The van der Waals surface area contributed by atoms with Crippen LogP contribution < -0.4 is 9.46 Å². The first-order chi connectivity index (χ1) is 17.1. The average molecular weight is 534 g/mol. The van der Waals surface area contributed by atoms with Gasteiger partial charge in [-0.15, -0.1) is 10.2 Å². The van der Waals surface area contributed by atoms with E-state index in [9.17, 15) is 8.42 Å². The Balaban J connectivity index is 1.73. The Labute approximate surface area is 212 Å². The molecular formula is C21H24ClN9O4S. The lowest BCUT2D eigenvalue weighted by molar-refractivity contribution is 0.344. The van der Waals surface area contributed by atoms with Gasteiger partial charge in [0.15, 0.2) is 11.6 Å². The summed E-state index contributed by atoms with van der Waals surface area (Å²) in [5.74, 6) is 1.05. The maximum absolute atomic E-state index is 13.4. The van der Waals surface area contributed by atoms with Gasteiger partial charge < -0.3 is 9.26 Å². The van der Waals surface area contributed by atoms with Crippen molar-refractivity contribution in [3.8, 4) is 17.4 Å². The molecule has 0 aromatic carbocycles. The number of methoxy groups -OCH3 is 1. The minimum absolute atomic E-state index is 0.0472. The zero-order valence-corrected chi connectivity index (χ0v) is 21.7. The minimum Gasteiger partial charge on any atom is -0.481 e. The van der Waals surface area contributed by atoms with Gasteiger partial charge in [-0.2, -0.15) is 4.98 Å². The standard InChI is InChI=1S/C21H24ClN9O4S/c1-11(18-23-9-15(22)10-24-18)13(3)36(32,33)30-21-28-27-19(16-7-6-8-17(26-16)34-5)31(21)12(2)20-25-14(4)29-35-20/h6-13H,1-5H3,(H,28,30)/t11-,12-,13-/m0/s1. The second-order valence-electron chi connectivity index (χ2n) is 8.04. The van der Waals surface area contributed by atoms with Crippen molar-refractivity contribution in [2.24, 2.45) is 0 Å². The highest BCUT2D eigenvalue weighted by Gasteiger charge is 2.33. The second-order valence-corrected chi connectivity index (χ2v) is 10.5. The summed E-state index contributed by atoms with van der Waals surface area (Å²) in [4.78, 5) is 17.0. The molecule has 13 nitrogen and oxygen atoms in total. The molecule has 0 aliphatic carbocycles. The Kier molecular flexibility index (Phi) is 7.17. The summed E-state index contributed by atoms with van der Waals surface area (Å²) in [6.07, 6.45) is 2.84. The molecule has 0 aliphatic rings. The molecule has 4 rings (SSSR count). The zero-order valence-electron chi connectivity index (χ0n) is 20.1. The normalized spacial score (nSPS) is 14.3. The lowest BCUT2D eigenvalue weighted by Gasteiger charge is -2.21. The lowest BCUT2D eigenvalue weighted by Crippen LogP contribution is -2.32. The summed E-state index contributed by atoms with van der Waals surface area (Å²) < 4.78 is 41.4. The van der Waals surface area contributed by atoms with E-state index >= 15 is 0 Å². The predicted molar refractivity (Wildman–Crippen MR) is 130 cm³/mol. The highest BCUT2D eigenvalue weighted by molar-refractivity contribution is 7.93. The fourth-order valence-corrected chi connectivity index (χ4v) is 4.74. The van der Waals surface area contributed by atoms with Crippen LogP contribution in [0.25, 0.3) is 11.5 Å². The molecular weight excluding hydrogens is 510 g/mol. The van der Waals surface area contributed by atoms with E-state index in [1.54, 1.807) is 45.9 Å². The summed E-state index contributed by atoms with van der Waals surface area (Å²) in [6, 6.07) is 4.49. The molecule has 0 amide bonds. The number of rotatable bonds is 9. The van der Waals surface area contributed by atoms with Crippen molar-refractivity contribution < 1.29 is 17.7 Å². The number of hydrogen-bond donors (Lipinski definition) is 1. The number of nitrogens with one attached hydrogen (secondary N) is 1. The summed E-state index contributed by atoms with van der Waals surface area (Å²) in [5.41, 5.74) is 0.409. The van der Waals surface area contributed by atoms with Gasteiger partial charge in [0.05, 0.1) is 17.4 Å². The minimum atomic E-state index is -3.98. The molecule has 0 radical (unpaired) electrons. The third kappa shape index (κ3) is 5.14. The Morgan fingerprint density at radius 1 is 1.11 bits per heavy atom. The highest BCUT2D eigenvalue weighted by atomic mass is 35.5. The molecule has 0 aliphatic heterocycles. The SMILES string of the molecule is COc1cccc(-c2nnc(NS(=O)(=O)[C@@H](C)[C@H](C)c3ncc(Cl)cn3)n2[C@@H](C)c2nc(C)no2)n1. The van der Waals surface area contributed by atoms with E-state index in [-0.39, 0.29) is 17.7 Å². The monoisotopic (exact) mass is 533 g/mol. The van der Waals surface area contributed by atoms with Crippen LogP contribution in [0.3, 0.4) is 0 Å².